The van der Waals surface area contributed by atoms with Crippen molar-refractivity contribution in [3.05, 3.63) is 75.1 Å². The molecule has 234 valence electrons. The van der Waals surface area contributed by atoms with Gasteiger partial charge in [-0.2, -0.15) is 31.4 Å². The van der Waals surface area contributed by atoms with E-state index in [0.29, 0.717) is 17.3 Å². The third-order valence-corrected chi connectivity index (χ3v) is 8.10. The molecule has 5 rings (SSSR count). The first kappa shape index (κ1) is 31.2. The van der Waals surface area contributed by atoms with Crippen LogP contribution in [0.15, 0.2) is 30.6 Å². The van der Waals surface area contributed by atoms with Gasteiger partial charge in [-0.15, -0.1) is 0 Å². The predicted octanol–water partition coefficient (Wildman–Crippen LogP) is 4.46. The fraction of sp³-hybridized carbons (Fsp3) is 0.407. The second-order valence-corrected chi connectivity index (χ2v) is 10.9. The van der Waals surface area contributed by atoms with E-state index >= 15 is 0 Å². The molecular formula is C27H24ClF6N7O3. The van der Waals surface area contributed by atoms with Gasteiger partial charge in [0.2, 0.25) is 11.7 Å². The van der Waals surface area contributed by atoms with E-state index in [-0.39, 0.29) is 36.3 Å². The molecule has 1 aromatic carbocycles. The Morgan fingerprint density at radius 1 is 1.09 bits per heavy atom. The Hall–Kier alpha value is -4.21. The van der Waals surface area contributed by atoms with Crippen molar-refractivity contribution in [2.75, 3.05) is 13.6 Å². The van der Waals surface area contributed by atoms with Crippen molar-refractivity contribution in [1.29, 1.82) is 0 Å². The first-order valence-electron chi connectivity index (χ1n) is 13.2. The Labute approximate surface area is 251 Å². The van der Waals surface area contributed by atoms with E-state index in [1.54, 1.807) is 13.8 Å². The standard InChI is InChI=1S/C27H24ClF6N7O3/c1-12-6-19-16(10-39(12)23(43)14-4-5-18(28)17(7-14)26(29,30)31)21-24(44)40(11-20(22(42)35-3)41(21)38-19)13(2)15-8-36-25(37-9-15)27(32,33)34/h4-5,7-9,12-13,20H,6,10-11H2,1-3H3,(H,35,42)/t12-,13+,20+/m1/s1. The van der Waals surface area contributed by atoms with Crippen LogP contribution in [-0.4, -0.2) is 66.9 Å². The number of rotatable bonds is 4. The van der Waals surface area contributed by atoms with Gasteiger partial charge in [0.05, 0.1) is 35.4 Å². The highest BCUT2D eigenvalue weighted by Gasteiger charge is 2.44. The lowest BCUT2D eigenvalue weighted by molar-refractivity contribution is -0.145. The molecule has 0 saturated carbocycles. The number of fused-ring (bicyclic) bond motifs is 3. The smallest absolute Gasteiger partial charge is 0.357 e. The van der Waals surface area contributed by atoms with Crippen molar-refractivity contribution in [2.24, 2.45) is 0 Å². The van der Waals surface area contributed by atoms with Crippen molar-refractivity contribution in [3.8, 4) is 0 Å². The van der Waals surface area contributed by atoms with Crippen molar-refractivity contribution < 1.29 is 40.7 Å². The van der Waals surface area contributed by atoms with Crippen LogP contribution < -0.4 is 5.32 Å². The minimum atomic E-state index is -4.79. The minimum Gasteiger partial charge on any atom is -0.357 e. The van der Waals surface area contributed by atoms with Crippen LogP contribution in [0.25, 0.3) is 0 Å². The van der Waals surface area contributed by atoms with Crippen molar-refractivity contribution in [1.82, 2.24) is 34.9 Å². The van der Waals surface area contributed by atoms with E-state index in [1.807, 2.05) is 0 Å². The summed E-state index contributed by atoms with van der Waals surface area (Å²) in [6.45, 7) is 2.83. The molecule has 0 fully saturated rings. The van der Waals surface area contributed by atoms with E-state index in [2.05, 4.69) is 20.4 Å². The first-order valence-corrected chi connectivity index (χ1v) is 13.6. The second-order valence-electron chi connectivity index (χ2n) is 10.5. The zero-order chi connectivity index (χ0) is 32.3. The number of amides is 3. The predicted molar refractivity (Wildman–Crippen MR) is 141 cm³/mol. The van der Waals surface area contributed by atoms with Crippen LogP contribution >= 0.6 is 11.6 Å². The summed E-state index contributed by atoms with van der Waals surface area (Å²) in [6.07, 6.45) is -7.52. The molecule has 2 aromatic heterocycles. The molecule has 2 aliphatic rings. The number of halogens is 7. The van der Waals surface area contributed by atoms with Crippen LogP contribution in [-0.2, 0) is 30.1 Å². The lowest BCUT2D eigenvalue weighted by Crippen LogP contribution is -2.49. The molecule has 3 atom stereocenters. The molecule has 1 N–H and O–H groups in total. The SMILES string of the molecule is CNC(=O)[C@@H]1CN([C@@H](C)c2cnc(C(F)(F)F)nc2)C(=O)c2c3c(nn21)C[C@@H](C)N(C(=O)c1ccc(Cl)c(C(F)(F)F)c1)C3. The fourth-order valence-electron chi connectivity index (χ4n) is 5.38. The van der Waals surface area contributed by atoms with Crippen molar-refractivity contribution >= 4 is 29.3 Å². The molecule has 4 heterocycles. The molecule has 0 spiro atoms. The van der Waals surface area contributed by atoms with Crippen LogP contribution in [0.3, 0.4) is 0 Å². The fourth-order valence-corrected chi connectivity index (χ4v) is 5.61. The van der Waals surface area contributed by atoms with Gasteiger partial charge in [0, 0.05) is 48.6 Å². The van der Waals surface area contributed by atoms with Gasteiger partial charge in [-0.3, -0.25) is 14.4 Å². The highest BCUT2D eigenvalue weighted by atomic mass is 35.5. The normalized spacial score (nSPS) is 19.4. The summed E-state index contributed by atoms with van der Waals surface area (Å²) >= 11 is 5.72. The van der Waals surface area contributed by atoms with Crippen molar-refractivity contribution in [2.45, 2.75) is 57.3 Å². The third-order valence-electron chi connectivity index (χ3n) is 7.77. The molecule has 0 aliphatic carbocycles. The average Bonchev–Trinajstić information content (AvgIpc) is 3.33. The maximum absolute atomic E-state index is 13.9. The topological polar surface area (TPSA) is 113 Å². The van der Waals surface area contributed by atoms with Gasteiger partial charge in [-0.1, -0.05) is 11.6 Å². The average molecular weight is 644 g/mol. The number of aromatic nitrogens is 4. The summed E-state index contributed by atoms with van der Waals surface area (Å²) in [7, 11) is 1.39. The Morgan fingerprint density at radius 3 is 2.34 bits per heavy atom. The summed E-state index contributed by atoms with van der Waals surface area (Å²) in [5, 5.41) is 6.48. The summed E-state index contributed by atoms with van der Waals surface area (Å²) < 4.78 is 80.7. The van der Waals surface area contributed by atoms with E-state index in [4.69, 9.17) is 11.6 Å². The molecule has 3 amide bonds. The number of hydrogen-bond donors (Lipinski definition) is 1. The molecule has 3 aromatic rings. The third kappa shape index (κ3) is 5.46. The first-order chi connectivity index (χ1) is 20.5. The van der Waals surface area contributed by atoms with Crippen LogP contribution in [0.1, 0.15) is 75.0 Å². The van der Waals surface area contributed by atoms with Gasteiger partial charge in [0.25, 0.3) is 11.8 Å². The van der Waals surface area contributed by atoms with E-state index in [1.165, 1.54) is 27.6 Å². The Morgan fingerprint density at radius 2 is 1.75 bits per heavy atom. The van der Waals surface area contributed by atoms with Gasteiger partial charge < -0.3 is 15.1 Å². The number of carbonyl (C=O) groups excluding carboxylic acids is 3. The highest BCUT2D eigenvalue weighted by Crippen LogP contribution is 2.38. The number of likely N-dealkylation sites (N-methyl/N-ethyl adjacent to an activating group) is 1. The lowest BCUT2D eigenvalue weighted by atomic mass is 9.96. The van der Waals surface area contributed by atoms with E-state index in [9.17, 15) is 40.7 Å². The molecule has 0 radical (unpaired) electrons. The van der Waals surface area contributed by atoms with Gasteiger partial charge >= 0.3 is 12.4 Å². The van der Waals surface area contributed by atoms with Gasteiger partial charge in [-0.05, 0) is 32.0 Å². The van der Waals surface area contributed by atoms with Gasteiger partial charge in [-0.25, -0.2) is 14.6 Å². The minimum absolute atomic E-state index is 0.0173. The summed E-state index contributed by atoms with van der Waals surface area (Å²) in [4.78, 5) is 49.7. The number of benzene rings is 1. The Kier molecular flexibility index (Phi) is 7.84. The number of carbonyl (C=O) groups is 3. The second kappa shape index (κ2) is 11.1. The molecule has 2 aliphatic heterocycles. The Bertz CT molecular complexity index is 1640. The molecule has 0 saturated heterocycles. The van der Waals surface area contributed by atoms with E-state index < -0.39 is 64.6 Å². The van der Waals surface area contributed by atoms with Crippen LogP contribution in [0.5, 0.6) is 0 Å². The van der Waals surface area contributed by atoms with E-state index in [0.717, 1.165) is 18.5 Å². The summed E-state index contributed by atoms with van der Waals surface area (Å²) in [6, 6.07) is 0.402. The largest absolute Gasteiger partial charge is 0.451 e. The summed E-state index contributed by atoms with van der Waals surface area (Å²) in [5.74, 6) is -3.19. The molecule has 17 heteroatoms. The molecular weight excluding hydrogens is 620 g/mol. The van der Waals surface area contributed by atoms with Gasteiger partial charge in [0.1, 0.15) is 11.7 Å². The number of nitrogens with zero attached hydrogens (tertiary/aromatic N) is 6. The Balaban J connectivity index is 1.51. The van der Waals surface area contributed by atoms with Crippen LogP contribution in [0.4, 0.5) is 26.3 Å². The zero-order valence-electron chi connectivity index (χ0n) is 23.3. The molecule has 10 nitrogen and oxygen atoms in total. The monoisotopic (exact) mass is 643 g/mol. The lowest BCUT2D eigenvalue weighted by Gasteiger charge is -2.37. The van der Waals surface area contributed by atoms with Crippen LogP contribution in [0, 0.1) is 0 Å². The zero-order valence-corrected chi connectivity index (χ0v) is 24.0. The number of hydrogen-bond acceptors (Lipinski definition) is 6. The molecule has 44 heavy (non-hydrogen) atoms. The molecule has 0 bridgehead atoms. The number of nitrogens with one attached hydrogen (secondary N) is 1. The maximum Gasteiger partial charge on any atom is 0.451 e. The van der Waals surface area contributed by atoms with Crippen LogP contribution in [0.2, 0.25) is 5.02 Å². The quantitative estimate of drug-likeness (QED) is 0.421. The van der Waals surface area contributed by atoms with Crippen molar-refractivity contribution in [3.63, 3.8) is 0 Å². The summed E-state index contributed by atoms with van der Waals surface area (Å²) in [5.41, 5.74) is -0.531. The number of alkyl halides is 6. The highest BCUT2D eigenvalue weighted by molar-refractivity contribution is 6.31. The van der Waals surface area contributed by atoms with Gasteiger partial charge in [0.15, 0.2) is 0 Å². The maximum atomic E-state index is 13.9. The molecule has 0 unspecified atom stereocenters.